The number of aliphatic imine (C=N–C) groups is 1. The summed E-state index contributed by atoms with van der Waals surface area (Å²) in [7, 11) is 0. The van der Waals surface area contributed by atoms with Crippen molar-refractivity contribution in [1.82, 2.24) is 8.01 Å². The number of benzene rings is 1. The minimum atomic E-state index is -0.601. The van der Waals surface area contributed by atoms with Crippen molar-refractivity contribution in [3.63, 3.8) is 0 Å². The molecule has 1 aromatic rings. The van der Waals surface area contributed by atoms with Crippen LogP contribution in [0.25, 0.3) is 5.70 Å². The number of hydrogen-bond acceptors (Lipinski definition) is 5. The highest BCUT2D eigenvalue weighted by Gasteiger charge is 2.34. The summed E-state index contributed by atoms with van der Waals surface area (Å²) in [6.07, 6.45) is 6.41. The van der Waals surface area contributed by atoms with Crippen molar-refractivity contribution in [3.8, 4) is 0 Å². The van der Waals surface area contributed by atoms with Gasteiger partial charge in [0.25, 0.3) is 0 Å². The Hall–Kier alpha value is -1.90. The molecule has 7 heteroatoms. The van der Waals surface area contributed by atoms with Gasteiger partial charge in [0.15, 0.2) is 0 Å². The van der Waals surface area contributed by atoms with Crippen molar-refractivity contribution >= 4 is 45.0 Å². The molecule has 0 N–H and O–H groups in total. The molecule has 1 aromatic carbocycles. The van der Waals surface area contributed by atoms with E-state index in [1.165, 1.54) is 29.5 Å². The molecule has 4 aliphatic rings. The van der Waals surface area contributed by atoms with Crippen LogP contribution in [-0.2, 0) is 16.0 Å². The van der Waals surface area contributed by atoms with Crippen LogP contribution < -0.4 is 0 Å². The average molecular weight is 462 g/mol. The van der Waals surface area contributed by atoms with Crippen molar-refractivity contribution < 1.29 is 9.59 Å². The molecule has 1 amide bonds. The van der Waals surface area contributed by atoms with E-state index in [0.717, 1.165) is 30.8 Å². The number of amidine groups is 1. The van der Waals surface area contributed by atoms with Crippen LogP contribution in [0.4, 0.5) is 0 Å². The summed E-state index contributed by atoms with van der Waals surface area (Å²) in [5, 5.41) is 0. The zero-order valence-corrected chi connectivity index (χ0v) is 16.4. The van der Waals surface area contributed by atoms with E-state index in [2.05, 4.69) is 29.4 Å². The molecule has 1 aliphatic carbocycles. The van der Waals surface area contributed by atoms with Gasteiger partial charge in [0.2, 0.25) is 5.91 Å². The maximum absolute atomic E-state index is 12.7. The summed E-state index contributed by atoms with van der Waals surface area (Å²) in [4.78, 5) is 30.1. The van der Waals surface area contributed by atoms with E-state index < -0.39 is 21.3 Å². The first-order valence-corrected chi connectivity index (χ1v) is 10.9. The summed E-state index contributed by atoms with van der Waals surface area (Å²) >= 11 is -0.601. The van der Waals surface area contributed by atoms with Crippen LogP contribution in [0.3, 0.4) is 0 Å². The smallest absolute Gasteiger partial charge is 0.248 e. The lowest BCUT2D eigenvalue weighted by molar-refractivity contribution is -0.126. The SMILES string of the molecule is O=CC1CN(C2=NCC(=O)N3CCc4c(cccc4C4CC4)C3=C2)I=N1. The quantitative estimate of drug-likeness (QED) is 0.386. The number of halogens is 1. The van der Waals surface area contributed by atoms with Gasteiger partial charge in [-0.1, -0.05) is 18.2 Å². The largest absolute Gasteiger partial charge is 0.310 e. The Morgan fingerprint density at radius 3 is 2.92 bits per heavy atom. The zero-order chi connectivity index (χ0) is 17.7. The Morgan fingerprint density at radius 2 is 2.15 bits per heavy atom. The Labute approximate surface area is 162 Å². The Morgan fingerprint density at radius 1 is 1.27 bits per heavy atom. The zero-order valence-electron chi connectivity index (χ0n) is 14.3. The van der Waals surface area contributed by atoms with Crippen molar-refractivity contribution in [1.29, 1.82) is 0 Å². The fraction of sp³-hybridized carbons (Fsp3) is 0.421. The van der Waals surface area contributed by atoms with Crippen LogP contribution >= 0.6 is 21.3 Å². The van der Waals surface area contributed by atoms with Crippen LogP contribution in [-0.4, -0.2) is 51.7 Å². The van der Waals surface area contributed by atoms with E-state index >= 15 is 0 Å². The topological polar surface area (TPSA) is 65.3 Å². The summed E-state index contributed by atoms with van der Waals surface area (Å²) in [6.45, 7) is 1.47. The standard InChI is InChI=1S/C19H19IN4O2/c25-11-13-10-24(20-22-13)18-8-17-16-3-1-2-14(12-4-5-12)15(16)6-7-23(17)19(26)9-21-18/h1-3,8,11-13H,4-7,9-10H2. The van der Waals surface area contributed by atoms with Gasteiger partial charge in [-0.2, -0.15) is 0 Å². The fourth-order valence-corrected chi connectivity index (χ4v) is 5.91. The number of fused-ring (bicyclic) bond motifs is 3. The van der Waals surface area contributed by atoms with E-state index in [-0.39, 0.29) is 18.5 Å². The summed E-state index contributed by atoms with van der Waals surface area (Å²) in [5.74, 6) is 1.56. The fourth-order valence-electron chi connectivity index (χ4n) is 3.89. The predicted molar refractivity (Wildman–Crippen MR) is 107 cm³/mol. The third-order valence-electron chi connectivity index (χ3n) is 5.34. The first-order chi connectivity index (χ1) is 12.7. The van der Waals surface area contributed by atoms with Crippen molar-refractivity contribution in [2.45, 2.75) is 31.2 Å². The van der Waals surface area contributed by atoms with Crippen LogP contribution in [0.5, 0.6) is 0 Å². The van der Waals surface area contributed by atoms with E-state index in [9.17, 15) is 9.59 Å². The summed E-state index contributed by atoms with van der Waals surface area (Å²) < 4.78 is 6.51. The van der Waals surface area contributed by atoms with Crippen LogP contribution in [0.15, 0.2) is 32.4 Å². The molecular weight excluding hydrogens is 443 g/mol. The summed E-state index contributed by atoms with van der Waals surface area (Å²) in [6, 6.07) is 6.25. The van der Waals surface area contributed by atoms with Gasteiger partial charge >= 0.3 is 0 Å². The normalized spacial score (nSPS) is 24.9. The summed E-state index contributed by atoms with van der Waals surface area (Å²) in [5.41, 5.74) is 5.00. The number of rotatable bonds is 2. The number of hydrogen-bond donors (Lipinski definition) is 0. The van der Waals surface area contributed by atoms with Crippen LogP contribution in [0.1, 0.15) is 35.4 Å². The third kappa shape index (κ3) is 2.72. The molecular formula is C19H19IN4O2. The highest BCUT2D eigenvalue weighted by Crippen LogP contribution is 2.45. The second kappa shape index (κ2) is 6.37. The van der Waals surface area contributed by atoms with Gasteiger partial charge < -0.3 is 9.69 Å². The number of aldehydes is 1. The maximum atomic E-state index is 12.7. The van der Waals surface area contributed by atoms with Crippen molar-refractivity contribution in [3.05, 3.63) is 41.0 Å². The number of amides is 1. The van der Waals surface area contributed by atoms with Crippen molar-refractivity contribution in [2.24, 2.45) is 8.14 Å². The molecule has 1 saturated carbocycles. The molecule has 134 valence electrons. The lowest BCUT2D eigenvalue weighted by Crippen LogP contribution is -2.36. The highest BCUT2D eigenvalue weighted by molar-refractivity contribution is 14.1. The molecule has 3 aliphatic heterocycles. The van der Waals surface area contributed by atoms with Gasteiger partial charge in [-0.3, -0.25) is 12.9 Å². The van der Waals surface area contributed by atoms with Gasteiger partial charge in [-0.15, -0.1) is 0 Å². The molecule has 0 bridgehead atoms. The molecule has 1 atom stereocenters. The molecule has 1 unspecified atom stereocenters. The van der Waals surface area contributed by atoms with Crippen LogP contribution in [0.2, 0.25) is 0 Å². The number of carbonyl (C=O) groups excluding carboxylic acids is 2. The molecule has 0 aromatic heterocycles. The van der Waals surface area contributed by atoms with Gasteiger partial charge in [-0.25, -0.2) is 3.15 Å². The Bertz CT molecular complexity index is 888. The molecule has 0 saturated heterocycles. The van der Waals surface area contributed by atoms with E-state index in [4.69, 9.17) is 0 Å². The third-order valence-corrected chi connectivity index (χ3v) is 7.71. The lowest BCUT2D eigenvalue weighted by atomic mass is 9.90. The second-order valence-corrected chi connectivity index (χ2v) is 9.22. The average Bonchev–Trinajstić information content (AvgIpc) is 3.43. The molecule has 1 fully saturated rings. The molecule has 3 heterocycles. The van der Waals surface area contributed by atoms with Crippen molar-refractivity contribution in [2.75, 3.05) is 19.6 Å². The first-order valence-electron chi connectivity index (χ1n) is 9.00. The van der Waals surface area contributed by atoms with E-state index in [0.29, 0.717) is 12.5 Å². The molecule has 26 heavy (non-hydrogen) atoms. The van der Waals surface area contributed by atoms with E-state index in [1.807, 2.05) is 11.0 Å². The number of carbonyl (C=O) groups is 2. The molecule has 6 nitrogen and oxygen atoms in total. The minimum absolute atomic E-state index is 0.0509. The Balaban J connectivity index is 1.57. The second-order valence-electron chi connectivity index (χ2n) is 7.07. The van der Waals surface area contributed by atoms with Gasteiger partial charge in [0.1, 0.15) is 46.0 Å². The maximum Gasteiger partial charge on any atom is 0.248 e. The van der Waals surface area contributed by atoms with Gasteiger partial charge in [0, 0.05) is 18.2 Å². The molecule has 0 spiro atoms. The monoisotopic (exact) mass is 462 g/mol. The number of nitrogens with zero attached hydrogens (tertiary/aromatic N) is 4. The predicted octanol–water partition coefficient (Wildman–Crippen LogP) is 2.65. The molecule has 0 radical (unpaired) electrons. The lowest BCUT2D eigenvalue weighted by Gasteiger charge is -2.32. The van der Waals surface area contributed by atoms with Crippen LogP contribution in [0, 0.1) is 0 Å². The van der Waals surface area contributed by atoms with E-state index in [1.54, 1.807) is 0 Å². The molecule has 5 rings (SSSR count). The highest BCUT2D eigenvalue weighted by atomic mass is 127. The van der Waals surface area contributed by atoms with Gasteiger partial charge in [-0.05, 0) is 36.3 Å². The first kappa shape index (κ1) is 16.3. The Kier molecular flexibility index (Phi) is 3.99. The van der Waals surface area contributed by atoms with Gasteiger partial charge in [0.05, 0.1) is 12.2 Å². The minimum Gasteiger partial charge on any atom is -0.310 e.